The summed E-state index contributed by atoms with van der Waals surface area (Å²) in [6, 6.07) is 3.67. The summed E-state index contributed by atoms with van der Waals surface area (Å²) in [7, 11) is 2.91. The molecule has 1 aliphatic carbocycles. The number of phenols is 1. The van der Waals surface area contributed by atoms with E-state index >= 15 is 0 Å². The number of phenolic OH excluding ortho intramolecular Hbond substituents is 1. The molecule has 4 N–H and O–H groups in total. The van der Waals surface area contributed by atoms with Gasteiger partial charge in [-0.05, 0) is 55.7 Å². The fourth-order valence-electron chi connectivity index (χ4n) is 7.66. The van der Waals surface area contributed by atoms with E-state index in [1.54, 1.807) is 41.8 Å². The molecule has 2 bridgehead atoms. The lowest BCUT2D eigenvalue weighted by Crippen LogP contribution is -2.44. The summed E-state index contributed by atoms with van der Waals surface area (Å²) in [5.41, 5.74) is 2.25. The van der Waals surface area contributed by atoms with Crippen LogP contribution in [-0.4, -0.2) is 81.0 Å². The zero-order chi connectivity index (χ0) is 40.3. The van der Waals surface area contributed by atoms with Gasteiger partial charge in [-0.25, -0.2) is 4.98 Å². The highest BCUT2D eigenvalue weighted by molar-refractivity contribution is 6.20. The first-order valence-corrected chi connectivity index (χ1v) is 18.5. The molecule has 12 nitrogen and oxygen atoms in total. The molecule has 5 rings (SSSR count). The highest BCUT2D eigenvalue weighted by Crippen LogP contribution is 2.33. The van der Waals surface area contributed by atoms with Crippen LogP contribution in [0.1, 0.15) is 59.9 Å². The lowest BCUT2D eigenvalue weighted by molar-refractivity contribution is -0.159. The lowest BCUT2D eigenvalue weighted by atomic mass is 9.79. The Labute approximate surface area is 320 Å². The second kappa shape index (κ2) is 17.1. The number of imidazole rings is 1. The van der Waals surface area contributed by atoms with Crippen molar-refractivity contribution in [2.24, 2.45) is 23.7 Å². The van der Waals surface area contributed by atoms with Gasteiger partial charge in [-0.15, -0.1) is 0 Å². The Morgan fingerprint density at radius 3 is 2.44 bits per heavy atom. The molecule has 0 fully saturated rings. The summed E-state index contributed by atoms with van der Waals surface area (Å²) < 4.78 is 19.1. The van der Waals surface area contributed by atoms with Crippen molar-refractivity contribution >= 4 is 51.4 Å². The number of aromatic hydroxyl groups is 1. The number of ketones is 1. The molecule has 1 amide bonds. The summed E-state index contributed by atoms with van der Waals surface area (Å²) in [6.45, 7) is 12.5. The Hall–Kier alpha value is -5.22. The normalized spacial score (nSPS) is 29.2. The fourth-order valence-corrected chi connectivity index (χ4v) is 7.66. The van der Waals surface area contributed by atoms with E-state index in [0.717, 1.165) is 5.56 Å². The Kier molecular flexibility index (Phi) is 12.7. The van der Waals surface area contributed by atoms with Gasteiger partial charge in [-0.1, -0.05) is 64.0 Å². The van der Waals surface area contributed by atoms with Crippen molar-refractivity contribution in [3.05, 3.63) is 70.3 Å². The Balaban J connectivity index is 1.80. The topological polar surface area (TPSA) is 169 Å². The number of hydrogen-bond acceptors (Lipinski definition) is 10. The lowest BCUT2D eigenvalue weighted by Gasteiger charge is -2.36. The molecule has 3 heterocycles. The summed E-state index contributed by atoms with van der Waals surface area (Å²) >= 11 is 0. The van der Waals surface area contributed by atoms with E-state index in [-0.39, 0.29) is 45.5 Å². The average molecular weight is 754 g/mol. The first-order valence-electron chi connectivity index (χ1n) is 18.5. The number of esters is 1. The number of aromatic nitrogens is 2. The molecule has 3 aromatic rings. The van der Waals surface area contributed by atoms with Gasteiger partial charge in [0.2, 0.25) is 0 Å². The number of carbonyl (C=O) groups excluding carboxylic acids is 3. The van der Waals surface area contributed by atoms with Gasteiger partial charge < -0.3 is 34.8 Å². The number of rotatable bonds is 3. The van der Waals surface area contributed by atoms with E-state index in [4.69, 9.17) is 19.2 Å². The largest absolute Gasteiger partial charge is 0.505 e. The van der Waals surface area contributed by atoms with Crippen molar-refractivity contribution < 1.29 is 43.9 Å². The van der Waals surface area contributed by atoms with Crippen LogP contribution in [0.3, 0.4) is 0 Å². The van der Waals surface area contributed by atoms with Crippen LogP contribution in [0.4, 0.5) is 5.69 Å². The van der Waals surface area contributed by atoms with Crippen molar-refractivity contribution in [1.29, 1.82) is 0 Å². The highest BCUT2D eigenvalue weighted by atomic mass is 16.5. The van der Waals surface area contributed by atoms with E-state index in [0.29, 0.717) is 23.2 Å². The van der Waals surface area contributed by atoms with Crippen LogP contribution >= 0.6 is 0 Å². The number of carbonyl (C=O) groups is 3. The monoisotopic (exact) mass is 753 g/mol. The van der Waals surface area contributed by atoms with Crippen LogP contribution in [0.25, 0.3) is 28.0 Å². The Morgan fingerprint density at radius 2 is 1.76 bits per heavy atom. The molecule has 0 radical (unpaired) electrons. The number of nitrogens with one attached hydrogen (secondary N) is 1. The predicted molar refractivity (Wildman–Crippen MR) is 210 cm³/mol. The molecule has 2 aliphatic rings. The molecule has 0 spiro atoms. The number of nitrogens with zero attached hydrogens (tertiary/aromatic N) is 2. The van der Waals surface area contributed by atoms with Crippen LogP contribution in [0.15, 0.2) is 54.3 Å². The van der Waals surface area contributed by atoms with Crippen molar-refractivity contribution in [2.45, 2.75) is 85.7 Å². The van der Waals surface area contributed by atoms with Gasteiger partial charge in [0.25, 0.3) is 5.91 Å². The SMILES string of the molecule is COC1C#CC(O)=c2c(O)c3c4c(nc5cc(C)ccn54)c2=C1C(=O)C/C=C/[C@H](OC)C(C)[C@@H](OC(C)=O)[C@H](C)[C@H](O)[C@H](C)C[C@@H](C)/C=C/C=C(/C)C(=O)N3. The van der Waals surface area contributed by atoms with Gasteiger partial charge >= 0.3 is 5.97 Å². The van der Waals surface area contributed by atoms with Crippen molar-refractivity contribution in [3.8, 4) is 17.6 Å². The Morgan fingerprint density at radius 1 is 1.04 bits per heavy atom. The molecule has 1 aromatic carbocycles. The zero-order valence-electron chi connectivity index (χ0n) is 32.8. The first kappa shape index (κ1) is 41.0. The average Bonchev–Trinajstić information content (AvgIpc) is 3.43. The number of ether oxygens (including phenoxy) is 3. The second-order valence-corrected chi connectivity index (χ2v) is 14.8. The first-order chi connectivity index (χ1) is 26.1. The summed E-state index contributed by atoms with van der Waals surface area (Å²) in [6.07, 6.45) is 7.62. The quantitative estimate of drug-likeness (QED) is 0.129. The molecule has 8 atom stereocenters. The van der Waals surface area contributed by atoms with Gasteiger partial charge in [0.15, 0.2) is 17.3 Å². The molecule has 2 aromatic heterocycles. The number of benzene rings is 1. The summed E-state index contributed by atoms with van der Waals surface area (Å²) in [5, 5.41) is 37.7. The van der Waals surface area contributed by atoms with Crippen LogP contribution in [0.5, 0.6) is 5.75 Å². The fraction of sp³-hybridized carbons (Fsp3) is 0.442. The predicted octanol–water partition coefficient (Wildman–Crippen LogP) is 4.56. The molecule has 0 saturated carbocycles. The molecular formula is C43H51N3O9. The third-order valence-electron chi connectivity index (χ3n) is 10.6. The number of aliphatic hydroxyl groups excluding tert-OH is 2. The number of hydrogen-bond donors (Lipinski definition) is 4. The van der Waals surface area contributed by atoms with Crippen molar-refractivity contribution in [1.82, 2.24) is 9.38 Å². The van der Waals surface area contributed by atoms with Gasteiger partial charge in [0.1, 0.15) is 34.6 Å². The Bertz CT molecular complexity index is 2290. The van der Waals surface area contributed by atoms with E-state index < -0.39 is 65.4 Å². The third-order valence-corrected chi connectivity index (χ3v) is 10.6. The number of aliphatic hydroxyl groups is 2. The van der Waals surface area contributed by atoms with Gasteiger partial charge in [0.05, 0.1) is 17.4 Å². The summed E-state index contributed by atoms with van der Waals surface area (Å²) in [5.74, 6) is 1.90. The molecule has 1 aliphatic heterocycles. The molecule has 2 unspecified atom stereocenters. The van der Waals surface area contributed by atoms with Crippen molar-refractivity contribution in [2.75, 3.05) is 19.5 Å². The van der Waals surface area contributed by atoms with Crippen LogP contribution < -0.4 is 15.8 Å². The standard InChI is InChI=1S/C43H51N3O9/c1-22-12-10-13-24(3)43(52)45-38-39-37(44-33-21-23(2)18-19-46(33)39)36-34(32(54-9)17-16-30(49)35(36)41(38)51)29(48)14-11-15-31(53-8)26(5)42(55-28(7)47)27(6)40(50)25(4)20-22/h10-13,15,18-19,21-22,25-27,31-32,40,42,49-51H,14,20H2,1-9H3,(H,45,52)/b12-10+,15-11+,24-13-/t22-,25+,26?,27+,31-,32?,40+,42+/m0/s1. The maximum absolute atomic E-state index is 14.4. The van der Waals surface area contributed by atoms with Crippen LogP contribution in [0, 0.1) is 42.4 Å². The minimum Gasteiger partial charge on any atom is -0.505 e. The van der Waals surface area contributed by atoms with Crippen LogP contribution in [0.2, 0.25) is 0 Å². The minimum absolute atomic E-state index is 0.0122. The zero-order valence-corrected chi connectivity index (χ0v) is 32.8. The number of allylic oxidation sites excluding steroid dienone is 4. The number of Topliss-reactive ketones (excluding diaryl/α,β-unsaturated/α-hetero) is 1. The number of methoxy groups -OCH3 is 2. The number of aryl methyl sites for hydroxylation is 1. The minimum atomic E-state index is -1.12. The number of anilines is 1. The number of amides is 1. The van der Waals surface area contributed by atoms with Crippen molar-refractivity contribution in [3.63, 3.8) is 0 Å². The van der Waals surface area contributed by atoms with E-state index in [2.05, 4.69) is 17.2 Å². The second-order valence-electron chi connectivity index (χ2n) is 14.8. The third kappa shape index (κ3) is 8.39. The van der Waals surface area contributed by atoms with Crippen LogP contribution in [-0.2, 0) is 28.6 Å². The molecular weight excluding hydrogens is 702 g/mol. The molecule has 0 saturated heterocycles. The maximum atomic E-state index is 14.4. The molecule has 12 heteroatoms. The van der Waals surface area contributed by atoms with Gasteiger partial charge in [-0.2, -0.15) is 0 Å². The smallest absolute Gasteiger partial charge is 0.302 e. The summed E-state index contributed by atoms with van der Waals surface area (Å²) in [4.78, 5) is 45.4. The molecule has 292 valence electrons. The maximum Gasteiger partial charge on any atom is 0.302 e. The van der Waals surface area contributed by atoms with E-state index in [1.165, 1.54) is 21.1 Å². The molecule has 55 heavy (non-hydrogen) atoms. The number of fused-ring (bicyclic) bond motifs is 1. The van der Waals surface area contributed by atoms with E-state index in [9.17, 15) is 29.7 Å². The van der Waals surface area contributed by atoms with E-state index in [1.807, 2.05) is 52.8 Å². The number of pyridine rings is 1. The van der Waals surface area contributed by atoms with Gasteiger partial charge in [-0.3, -0.25) is 18.8 Å². The van der Waals surface area contributed by atoms with Gasteiger partial charge in [0, 0.05) is 62.0 Å². The highest BCUT2D eigenvalue weighted by Gasteiger charge is 2.37.